The Morgan fingerprint density at radius 2 is 0.643 bits per heavy atom. The minimum atomic E-state index is -0.664. The van der Waals surface area contributed by atoms with E-state index in [-0.39, 0.29) is 60.1 Å². The van der Waals surface area contributed by atoms with Gasteiger partial charge in [-0.25, -0.2) is 0 Å². The summed E-state index contributed by atoms with van der Waals surface area (Å²) in [5.74, 6) is -1.33. The predicted molar refractivity (Wildman–Crippen MR) is 182 cm³/mol. The second-order valence-corrected chi connectivity index (χ2v) is 11.5. The van der Waals surface area contributed by atoms with Gasteiger partial charge in [-0.3, -0.25) is 9.59 Å². The summed E-state index contributed by atoms with van der Waals surface area (Å²) in [6.07, 6.45) is 42.5. The van der Waals surface area contributed by atoms with Crippen molar-refractivity contribution in [1.82, 2.24) is 0 Å². The normalized spacial score (nSPS) is 10.7. The van der Waals surface area contributed by atoms with Gasteiger partial charge in [0.2, 0.25) is 0 Å². The number of carboxylic acid groups (broad SMARTS) is 2. The van der Waals surface area contributed by atoms with Gasteiger partial charge in [0.25, 0.3) is 0 Å². The Morgan fingerprint density at radius 3 is 0.881 bits per heavy atom. The van der Waals surface area contributed by atoms with E-state index < -0.39 is 11.9 Å². The van der Waals surface area contributed by atoms with Gasteiger partial charge in [0.1, 0.15) is 0 Å². The molecule has 4 nitrogen and oxygen atoms in total. The Labute approximate surface area is 307 Å². The molecule has 0 saturated heterocycles. The van der Waals surface area contributed by atoms with Crippen molar-refractivity contribution in [2.45, 2.75) is 194 Å². The zero-order valence-electron chi connectivity index (χ0n) is 30.2. The minimum Gasteiger partial charge on any atom is -1.00 e. The van der Waals surface area contributed by atoms with Crippen LogP contribution >= 0.6 is 0 Å². The van der Waals surface area contributed by atoms with Crippen LogP contribution in [-0.4, -0.2) is 59.9 Å². The standard InChI is InChI=1S/2C18H34O2.Ca.Zn.2H/c2*1-2-3-4-5-6-7-8-9-10-11-12-13-14-15-16-17-18(19)20;;;;/h2*9-10H,2-8,11-17H2,1H3,(H,19,20);;;;/q;;+2;;2*-1/b2*10-9-;;;;. The number of unbranched alkanes of at least 4 members (excludes halogenated alkanes) is 22. The number of rotatable bonds is 30. The second-order valence-electron chi connectivity index (χ2n) is 11.5. The molecule has 42 heavy (non-hydrogen) atoms. The van der Waals surface area contributed by atoms with Crippen molar-refractivity contribution in [3.63, 3.8) is 0 Å². The van der Waals surface area contributed by atoms with E-state index >= 15 is 0 Å². The van der Waals surface area contributed by atoms with Gasteiger partial charge in [0.05, 0.1) is 0 Å². The minimum absolute atomic E-state index is 0. The molecule has 0 heterocycles. The summed E-state index contributed by atoms with van der Waals surface area (Å²) >= 11 is 0. The fraction of sp³-hybridized carbons (Fsp3) is 0.833. The molecule has 6 heteroatoms. The van der Waals surface area contributed by atoms with Gasteiger partial charge in [-0.15, -0.1) is 0 Å². The average Bonchev–Trinajstić information content (AvgIpc) is 2.93. The molecule has 0 aliphatic rings. The maximum Gasteiger partial charge on any atom is 2.00 e. The van der Waals surface area contributed by atoms with Gasteiger partial charge in [-0.2, -0.15) is 0 Å². The summed E-state index contributed by atoms with van der Waals surface area (Å²) in [7, 11) is 0. The van der Waals surface area contributed by atoms with E-state index in [2.05, 4.69) is 38.2 Å². The van der Waals surface area contributed by atoms with E-state index in [9.17, 15) is 9.59 Å². The van der Waals surface area contributed by atoms with Crippen molar-refractivity contribution in [3.05, 3.63) is 24.3 Å². The largest absolute Gasteiger partial charge is 2.00 e. The van der Waals surface area contributed by atoms with Crippen molar-refractivity contribution < 1.29 is 42.1 Å². The molecular weight excluding hydrogens is 602 g/mol. The first kappa shape index (κ1) is 49.2. The van der Waals surface area contributed by atoms with E-state index in [1.165, 1.54) is 141 Å². The summed E-state index contributed by atoms with van der Waals surface area (Å²) < 4.78 is 0. The van der Waals surface area contributed by atoms with Crippen molar-refractivity contribution in [3.8, 4) is 0 Å². The first-order chi connectivity index (χ1) is 19.5. The molecule has 0 aromatic carbocycles. The van der Waals surface area contributed by atoms with E-state index in [0.717, 1.165) is 25.7 Å². The van der Waals surface area contributed by atoms with E-state index in [1.807, 2.05) is 0 Å². The van der Waals surface area contributed by atoms with Gasteiger partial charge < -0.3 is 13.1 Å². The molecule has 0 rings (SSSR count). The number of carbonyl (C=O) groups is 2. The summed E-state index contributed by atoms with van der Waals surface area (Å²) in [4.78, 5) is 20.6. The molecule has 0 bridgehead atoms. The molecule has 0 amide bonds. The molecule has 242 valence electrons. The topological polar surface area (TPSA) is 74.6 Å². The number of hydrogen-bond acceptors (Lipinski definition) is 2. The number of aliphatic carboxylic acids is 2. The third-order valence-corrected chi connectivity index (χ3v) is 7.30. The van der Waals surface area contributed by atoms with Crippen LogP contribution in [0.1, 0.15) is 196 Å². The Morgan fingerprint density at radius 1 is 0.429 bits per heavy atom. The maximum atomic E-state index is 10.3. The Balaban J connectivity index is -0.000000150. The average molecular weight is 672 g/mol. The first-order valence-corrected chi connectivity index (χ1v) is 17.3. The van der Waals surface area contributed by atoms with Crippen LogP contribution in [0.3, 0.4) is 0 Å². The third-order valence-electron chi connectivity index (χ3n) is 7.30. The zero-order valence-corrected chi connectivity index (χ0v) is 33.4. The van der Waals surface area contributed by atoms with Crippen LogP contribution in [-0.2, 0) is 29.1 Å². The van der Waals surface area contributed by atoms with Crippen LogP contribution in [0.2, 0.25) is 0 Å². The van der Waals surface area contributed by atoms with Crippen molar-refractivity contribution in [2.24, 2.45) is 0 Å². The van der Waals surface area contributed by atoms with Gasteiger partial charge in [-0.05, 0) is 64.2 Å². The summed E-state index contributed by atoms with van der Waals surface area (Å²) in [5, 5.41) is 17.0. The van der Waals surface area contributed by atoms with E-state index in [0.29, 0.717) is 12.8 Å². The monoisotopic (exact) mass is 670 g/mol. The van der Waals surface area contributed by atoms with Gasteiger partial charge in [-0.1, -0.05) is 141 Å². The molecule has 0 aliphatic carbocycles. The Hall–Kier alpha value is 0.303. The number of carboxylic acids is 2. The van der Waals surface area contributed by atoms with Crippen LogP contribution in [0.15, 0.2) is 24.3 Å². The molecule has 0 atom stereocenters. The van der Waals surface area contributed by atoms with Gasteiger partial charge >= 0.3 is 49.7 Å². The number of hydrogen-bond donors (Lipinski definition) is 2. The van der Waals surface area contributed by atoms with E-state index in [1.54, 1.807) is 0 Å². The van der Waals surface area contributed by atoms with Crippen LogP contribution in [0.4, 0.5) is 0 Å². The zero-order chi connectivity index (χ0) is 29.8. The van der Waals surface area contributed by atoms with Gasteiger partial charge in [0, 0.05) is 32.3 Å². The van der Waals surface area contributed by atoms with Crippen molar-refractivity contribution in [1.29, 1.82) is 0 Å². The van der Waals surface area contributed by atoms with Crippen molar-refractivity contribution in [2.75, 3.05) is 0 Å². The predicted octanol–water partition coefficient (Wildman–Crippen LogP) is 12.1. The van der Waals surface area contributed by atoms with Crippen LogP contribution in [0.25, 0.3) is 0 Å². The van der Waals surface area contributed by atoms with Crippen LogP contribution in [0.5, 0.6) is 0 Å². The molecule has 0 aliphatic heterocycles. The molecule has 0 spiro atoms. The number of allylic oxidation sites excluding steroid dienone is 4. The summed E-state index contributed by atoms with van der Waals surface area (Å²) in [6, 6.07) is 0. The summed E-state index contributed by atoms with van der Waals surface area (Å²) in [5.41, 5.74) is 0. The quantitative estimate of drug-likeness (QED) is 0.0452. The maximum absolute atomic E-state index is 10.3. The fourth-order valence-electron chi connectivity index (χ4n) is 4.69. The van der Waals surface area contributed by atoms with Crippen LogP contribution in [0, 0.1) is 0 Å². The van der Waals surface area contributed by atoms with Crippen molar-refractivity contribution >= 4 is 49.7 Å². The molecule has 0 radical (unpaired) electrons. The molecule has 0 fully saturated rings. The SMILES string of the molecule is CCCCCCCC/C=C\CCCCCCCC(=O)O.CCCCCCCC/C=C\CCCCCCCC(=O)O.[Ca+2].[H-].[H-].[Zn]. The Kier molecular flexibility index (Phi) is 53.6. The second kappa shape index (κ2) is 45.7. The first-order valence-electron chi connectivity index (χ1n) is 17.3. The third kappa shape index (κ3) is 52.9. The van der Waals surface area contributed by atoms with E-state index in [4.69, 9.17) is 10.2 Å². The van der Waals surface area contributed by atoms with Crippen LogP contribution < -0.4 is 0 Å². The Bertz CT molecular complexity index is 542. The molecule has 0 unspecified atom stereocenters. The fourth-order valence-corrected chi connectivity index (χ4v) is 4.69. The molecular formula is C36H70CaO4Zn. The summed E-state index contributed by atoms with van der Waals surface area (Å²) in [6.45, 7) is 4.52. The molecule has 0 aromatic rings. The smallest absolute Gasteiger partial charge is 1.00 e. The molecule has 0 aromatic heterocycles. The molecule has 0 saturated carbocycles. The molecule has 2 N–H and O–H groups in total. The van der Waals surface area contributed by atoms with Gasteiger partial charge in [0.15, 0.2) is 0 Å².